The van der Waals surface area contributed by atoms with Crippen LogP contribution in [0.3, 0.4) is 0 Å². The zero-order valence-corrected chi connectivity index (χ0v) is 6.07. The monoisotopic (exact) mass is 143 g/mol. The molecule has 0 aromatic heterocycles. The number of para-hydroxylation sites is 1. The first kappa shape index (κ1) is 6.34. The number of rotatable bonds is 1. The third kappa shape index (κ3) is 1.22. The second-order valence-corrected chi connectivity index (χ2v) is 2.35. The lowest BCUT2D eigenvalue weighted by Gasteiger charge is -2.28. The van der Waals surface area contributed by atoms with Gasteiger partial charge in [-0.15, -0.1) is 0 Å². The molecule has 0 saturated heterocycles. The third-order valence-corrected chi connectivity index (χ3v) is 1.60. The fraction of sp³-hybridized carbons (Fsp3) is 0. The average Bonchev–Trinajstić information content (AvgIpc) is 2.58. The van der Waals surface area contributed by atoms with E-state index in [1.165, 1.54) is 5.69 Å². The van der Waals surface area contributed by atoms with Crippen molar-refractivity contribution in [3.63, 3.8) is 0 Å². The summed E-state index contributed by atoms with van der Waals surface area (Å²) in [5, 5.41) is 2.99. The molecule has 0 saturated carbocycles. The van der Waals surface area contributed by atoms with Gasteiger partial charge in [0.25, 0.3) is 0 Å². The molecule has 0 spiro atoms. The summed E-state index contributed by atoms with van der Waals surface area (Å²) in [6, 6.07) is 10.2. The number of hydrogen-bond donors (Lipinski definition) is 1. The van der Waals surface area contributed by atoms with E-state index in [-0.39, 0.29) is 0 Å². The van der Waals surface area contributed by atoms with E-state index in [2.05, 4.69) is 17.4 Å². The first-order valence-electron chi connectivity index (χ1n) is 3.56. The number of benzene rings is 1. The summed E-state index contributed by atoms with van der Waals surface area (Å²) in [7, 11) is 1.91. The highest BCUT2D eigenvalue weighted by Crippen LogP contribution is 2.12. The normalized spacial score (nSPS) is 15.1. The topological polar surface area (TPSA) is 15.3 Å². The largest absolute Gasteiger partial charge is 0.602 e. The highest BCUT2D eigenvalue weighted by atomic mass is 15.1. The van der Waals surface area contributed by atoms with E-state index < -0.39 is 0 Å². The van der Waals surface area contributed by atoms with Gasteiger partial charge in [0.15, 0.2) is 0 Å². The van der Waals surface area contributed by atoms with E-state index in [0.29, 0.717) is 0 Å². The minimum Gasteiger partial charge on any atom is -0.602 e. The number of hydrogen-bond acceptors (Lipinski definition) is 2. The van der Waals surface area contributed by atoms with Gasteiger partial charge in [0.2, 0.25) is 0 Å². The number of nitrogens with one attached hydrogen (secondary N) is 1. The van der Waals surface area contributed by atoms with Crippen molar-refractivity contribution < 1.29 is 0 Å². The van der Waals surface area contributed by atoms with Crippen molar-refractivity contribution in [3.8, 4) is 0 Å². The SMILES string of the molecule is [B-]1NC=CN1c1ccccc1. The van der Waals surface area contributed by atoms with E-state index in [1.807, 2.05) is 43.0 Å². The van der Waals surface area contributed by atoms with Gasteiger partial charge in [-0.1, -0.05) is 25.7 Å². The molecule has 0 atom stereocenters. The van der Waals surface area contributed by atoms with E-state index in [1.54, 1.807) is 0 Å². The Balaban J connectivity index is 2.23. The Morgan fingerprint density at radius 3 is 2.64 bits per heavy atom. The molecule has 0 unspecified atom stereocenters. The molecule has 2 rings (SSSR count). The molecule has 1 N–H and O–H groups in total. The van der Waals surface area contributed by atoms with Crippen molar-refractivity contribution in [1.29, 1.82) is 0 Å². The summed E-state index contributed by atoms with van der Waals surface area (Å²) < 4.78 is 0. The highest BCUT2D eigenvalue weighted by Gasteiger charge is 1.92. The molecule has 1 aromatic carbocycles. The molecule has 11 heavy (non-hydrogen) atoms. The molecule has 2 nitrogen and oxygen atoms in total. The maximum absolute atomic E-state index is 2.99. The van der Waals surface area contributed by atoms with E-state index in [0.717, 1.165) is 0 Å². The molecule has 3 heteroatoms. The van der Waals surface area contributed by atoms with Gasteiger partial charge < -0.3 is 10.0 Å². The van der Waals surface area contributed by atoms with Crippen LogP contribution in [0, 0.1) is 0 Å². The van der Waals surface area contributed by atoms with Crippen LogP contribution in [0.2, 0.25) is 0 Å². The number of nitrogens with zero attached hydrogens (tertiary/aromatic N) is 1. The quantitative estimate of drug-likeness (QED) is 0.592. The summed E-state index contributed by atoms with van der Waals surface area (Å²) in [5.41, 5.74) is 1.17. The molecule has 0 amide bonds. The van der Waals surface area contributed by atoms with Crippen LogP contribution >= 0.6 is 0 Å². The molecular formula is C8H8BN2-. The van der Waals surface area contributed by atoms with Gasteiger partial charge >= 0.3 is 0 Å². The molecule has 54 valence electrons. The summed E-state index contributed by atoms with van der Waals surface area (Å²) in [5.74, 6) is 0. The lowest BCUT2D eigenvalue weighted by atomic mass is 10.1. The zero-order valence-electron chi connectivity index (χ0n) is 6.07. The minimum absolute atomic E-state index is 1.17. The van der Waals surface area contributed by atoms with Crippen LogP contribution in [0.4, 0.5) is 5.69 Å². The zero-order chi connectivity index (χ0) is 7.52. The Labute approximate surface area is 66.8 Å². The Morgan fingerprint density at radius 1 is 1.18 bits per heavy atom. The number of anilines is 1. The summed E-state index contributed by atoms with van der Waals surface area (Å²) >= 11 is 0. The summed E-state index contributed by atoms with van der Waals surface area (Å²) in [4.78, 5) is 2.03. The van der Waals surface area contributed by atoms with Gasteiger partial charge in [-0.05, 0) is 30.2 Å². The minimum atomic E-state index is 1.17. The maximum atomic E-state index is 2.99. The third-order valence-electron chi connectivity index (χ3n) is 1.60. The second-order valence-electron chi connectivity index (χ2n) is 2.35. The average molecular weight is 143 g/mol. The van der Waals surface area contributed by atoms with Crippen LogP contribution in [0.25, 0.3) is 0 Å². The lowest BCUT2D eigenvalue weighted by Crippen LogP contribution is -2.24. The van der Waals surface area contributed by atoms with Gasteiger partial charge in [0, 0.05) is 0 Å². The predicted octanol–water partition coefficient (Wildman–Crippen LogP) is 1.10. The first-order chi connectivity index (χ1) is 5.47. The first-order valence-corrected chi connectivity index (χ1v) is 3.56. The van der Waals surface area contributed by atoms with Crippen LogP contribution in [0.15, 0.2) is 42.7 Å². The Morgan fingerprint density at radius 2 is 2.00 bits per heavy atom. The van der Waals surface area contributed by atoms with Crippen molar-refractivity contribution >= 4 is 13.2 Å². The van der Waals surface area contributed by atoms with Crippen LogP contribution < -0.4 is 10.0 Å². The molecule has 0 bridgehead atoms. The summed E-state index contributed by atoms with van der Waals surface area (Å²) in [6.07, 6.45) is 3.88. The molecule has 1 heterocycles. The summed E-state index contributed by atoms with van der Waals surface area (Å²) in [6.45, 7) is 0. The van der Waals surface area contributed by atoms with Crippen molar-refractivity contribution in [2.45, 2.75) is 0 Å². The predicted molar refractivity (Wildman–Crippen MR) is 47.0 cm³/mol. The van der Waals surface area contributed by atoms with Crippen molar-refractivity contribution in [2.24, 2.45) is 0 Å². The molecule has 0 fully saturated rings. The Hall–Kier alpha value is -1.38. The second kappa shape index (κ2) is 2.70. The van der Waals surface area contributed by atoms with E-state index >= 15 is 0 Å². The van der Waals surface area contributed by atoms with E-state index in [4.69, 9.17) is 0 Å². The van der Waals surface area contributed by atoms with Gasteiger partial charge in [0.05, 0.1) is 0 Å². The van der Waals surface area contributed by atoms with Crippen LogP contribution in [0.1, 0.15) is 0 Å². The smallest absolute Gasteiger partial charge is 0.00295 e. The Bertz CT molecular complexity index is 258. The molecule has 1 aromatic rings. The molecule has 2 radical (unpaired) electrons. The molecule has 0 aliphatic carbocycles. The molecule has 1 aliphatic rings. The van der Waals surface area contributed by atoms with Crippen LogP contribution in [0.5, 0.6) is 0 Å². The van der Waals surface area contributed by atoms with Gasteiger partial charge in [-0.2, -0.15) is 0 Å². The molecule has 1 aliphatic heterocycles. The van der Waals surface area contributed by atoms with Crippen molar-refractivity contribution in [2.75, 3.05) is 4.81 Å². The fourth-order valence-electron chi connectivity index (χ4n) is 1.05. The maximum Gasteiger partial charge on any atom is -0.00295 e. The fourth-order valence-corrected chi connectivity index (χ4v) is 1.05. The van der Waals surface area contributed by atoms with Crippen molar-refractivity contribution in [1.82, 2.24) is 5.23 Å². The van der Waals surface area contributed by atoms with Crippen LogP contribution in [-0.2, 0) is 0 Å². The van der Waals surface area contributed by atoms with Crippen molar-refractivity contribution in [3.05, 3.63) is 42.7 Å². The highest BCUT2D eigenvalue weighted by molar-refractivity contribution is 6.41. The Kier molecular flexibility index (Phi) is 1.56. The van der Waals surface area contributed by atoms with Gasteiger partial charge in [-0.25, -0.2) is 0 Å². The van der Waals surface area contributed by atoms with Gasteiger partial charge in [0.1, 0.15) is 0 Å². The van der Waals surface area contributed by atoms with Crippen LogP contribution in [-0.4, -0.2) is 7.55 Å². The van der Waals surface area contributed by atoms with Gasteiger partial charge in [-0.3, -0.25) is 0 Å². The standard InChI is InChI=1S/C8H8BN2/c1-2-4-8(5-3-1)11-7-6-10-9-11/h1-7,10H/q-1. The van der Waals surface area contributed by atoms with E-state index in [9.17, 15) is 0 Å². The lowest BCUT2D eigenvalue weighted by molar-refractivity contribution is 1.39. The molecular weight excluding hydrogens is 135 g/mol.